The van der Waals surface area contributed by atoms with Gasteiger partial charge in [0.2, 0.25) is 0 Å². The van der Waals surface area contributed by atoms with Crippen molar-refractivity contribution in [2.45, 2.75) is 58.5 Å². The molecule has 0 heterocycles. The van der Waals surface area contributed by atoms with Crippen molar-refractivity contribution in [3.05, 3.63) is 89.5 Å². The Labute approximate surface area is 203 Å². The number of amides is 1. The highest BCUT2D eigenvalue weighted by Gasteiger charge is 2.15. The molecule has 2 N–H and O–H groups in total. The largest absolute Gasteiger partial charge is 0.489 e. The van der Waals surface area contributed by atoms with Crippen LogP contribution in [0, 0.1) is 5.92 Å². The van der Waals surface area contributed by atoms with Crippen molar-refractivity contribution in [1.29, 1.82) is 0 Å². The van der Waals surface area contributed by atoms with Crippen LogP contribution < -0.4 is 15.4 Å². The van der Waals surface area contributed by atoms with Crippen molar-refractivity contribution in [2.24, 2.45) is 5.92 Å². The number of anilines is 2. The van der Waals surface area contributed by atoms with Crippen molar-refractivity contribution in [2.75, 3.05) is 11.9 Å². The van der Waals surface area contributed by atoms with Crippen molar-refractivity contribution >= 4 is 17.3 Å². The van der Waals surface area contributed by atoms with E-state index in [9.17, 15) is 4.79 Å². The van der Waals surface area contributed by atoms with Gasteiger partial charge in [0.15, 0.2) is 0 Å². The van der Waals surface area contributed by atoms with Gasteiger partial charge in [-0.3, -0.25) is 4.79 Å². The van der Waals surface area contributed by atoms with E-state index < -0.39 is 0 Å². The lowest BCUT2D eigenvalue weighted by atomic mass is 10.0. The lowest BCUT2D eigenvalue weighted by Gasteiger charge is -2.17. The van der Waals surface area contributed by atoms with E-state index in [1.54, 1.807) is 0 Å². The van der Waals surface area contributed by atoms with Gasteiger partial charge in [-0.15, -0.1) is 0 Å². The van der Waals surface area contributed by atoms with Crippen LogP contribution in [0.15, 0.2) is 72.8 Å². The first-order chi connectivity index (χ1) is 16.6. The maximum absolute atomic E-state index is 12.7. The highest BCUT2D eigenvalue weighted by Crippen LogP contribution is 2.31. The van der Waals surface area contributed by atoms with Gasteiger partial charge in [0, 0.05) is 23.5 Å². The Balaban J connectivity index is 1.39. The SMILES string of the molecule is CC(C)c1cc(OCc2ccccc2)ccc1Nc1cccc(C(=O)NCCC2CCCC2)c1. The first-order valence-electron chi connectivity index (χ1n) is 12.5. The monoisotopic (exact) mass is 456 g/mol. The smallest absolute Gasteiger partial charge is 0.251 e. The highest BCUT2D eigenvalue weighted by molar-refractivity contribution is 5.95. The molecule has 0 atom stereocenters. The van der Waals surface area contributed by atoms with Crippen LogP contribution in [0.1, 0.15) is 73.4 Å². The highest BCUT2D eigenvalue weighted by atomic mass is 16.5. The third-order valence-electron chi connectivity index (χ3n) is 6.61. The number of benzene rings is 3. The minimum atomic E-state index is -0.00427. The van der Waals surface area contributed by atoms with Gasteiger partial charge in [-0.2, -0.15) is 0 Å². The van der Waals surface area contributed by atoms with Gasteiger partial charge < -0.3 is 15.4 Å². The molecular weight excluding hydrogens is 420 g/mol. The molecule has 1 aliphatic rings. The van der Waals surface area contributed by atoms with Crippen LogP contribution in [0.4, 0.5) is 11.4 Å². The first kappa shape index (κ1) is 23.9. The fourth-order valence-electron chi connectivity index (χ4n) is 4.65. The lowest BCUT2D eigenvalue weighted by Crippen LogP contribution is -2.25. The maximum atomic E-state index is 12.7. The van der Waals surface area contributed by atoms with Crippen LogP contribution in [0.2, 0.25) is 0 Å². The summed E-state index contributed by atoms with van der Waals surface area (Å²) in [6, 6.07) is 24.1. The third kappa shape index (κ3) is 6.63. The van der Waals surface area contributed by atoms with Crippen LogP contribution in [0.25, 0.3) is 0 Å². The number of rotatable bonds is 10. The van der Waals surface area contributed by atoms with E-state index >= 15 is 0 Å². The van der Waals surface area contributed by atoms with Crippen LogP contribution in [-0.4, -0.2) is 12.5 Å². The Morgan fingerprint density at radius 2 is 1.76 bits per heavy atom. The molecule has 1 amide bonds. The number of hydrogen-bond donors (Lipinski definition) is 2. The molecular formula is C30H36N2O2. The van der Waals surface area contributed by atoms with Crippen molar-refractivity contribution < 1.29 is 9.53 Å². The standard InChI is InChI=1S/C30H36N2O2/c1-22(2)28-20-27(34-21-24-11-4-3-5-12-24)15-16-29(28)32-26-14-8-13-25(19-26)30(33)31-18-17-23-9-6-7-10-23/h3-5,8,11-16,19-20,22-23,32H,6-7,9-10,17-18,21H2,1-2H3,(H,31,33). The maximum Gasteiger partial charge on any atom is 0.251 e. The molecule has 3 aromatic carbocycles. The van der Waals surface area contributed by atoms with Crippen molar-refractivity contribution in [3.63, 3.8) is 0 Å². The second kappa shape index (κ2) is 11.7. The molecule has 4 nitrogen and oxygen atoms in total. The lowest BCUT2D eigenvalue weighted by molar-refractivity contribution is 0.0951. The van der Waals surface area contributed by atoms with Crippen molar-refractivity contribution in [1.82, 2.24) is 5.32 Å². The summed E-state index contributed by atoms with van der Waals surface area (Å²) in [7, 11) is 0. The van der Waals surface area contributed by atoms with Gasteiger partial charge in [0.25, 0.3) is 5.91 Å². The van der Waals surface area contributed by atoms with E-state index in [1.165, 1.54) is 31.2 Å². The van der Waals surface area contributed by atoms with E-state index in [1.807, 2.05) is 48.5 Å². The summed E-state index contributed by atoms with van der Waals surface area (Å²) in [4.78, 5) is 12.7. The summed E-state index contributed by atoms with van der Waals surface area (Å²) < 4.78 is 6.03. The molecule has 0 saturated heterocycles. The number of ether oxygens (including phenoxy) is 1. The number of carbonyl (C=O) groups excluding carboxylic acids is 1. The molecule has 0 spiro atoms. The van der Waals surface area contributed by atoms with E-state index in [4.69, 9.17) is 4.74 Å². The normalized spacial score (nSPS) is 13.7. The molecule has 34 heavy (non-hydrogen) atoms. The summed E-state index contributed by atoms with van der Waals surface area (Å²) >= 11 is 0. The molecule has 4 heteroatoms. The molecule has 0 unspecified atom stereocenters. The summed E-state index contributed by atoms with van der Waals surface area (Å²) in [5, 5.41) is 6.61. The van der Waals surface area contributed by atoms with Crippen LogP contribution in [0.3, 0.4) is 0 Å². The average Bonchev–Trinajstić information content (AvgIpc) is 3.37. The van der Waals surface area contributed by atoms with E-state index in [-0.39, 0.29) is 5.91 Å². The van der Waals surface area contributed by atoms with Crippen LogP contribution >= 0.6 is 0 Å². The van der Waals surface area contributed by atoms with Crippen LogP contribution in [0.5, 0.6) is 5.75 Å². The zero-order chi connectivity index (χ0) is 23.8. The zero-order valence-electron chi connectivity index (χ0n) is 20.3. The molecule has 0 radical (unpaired) electrons. The topological polar surface area (TPSA) is 50.4 Å². The Morgan fingerprint density at radius 1 is 0.971 bits per heavy atom. The van der Waals surface area contributed by atoms with Gasteiger partial charge in [-0.05, 0) is 65.8 Å². The minimum Gasteiger partial charge on any atom is -0.489 e. The Morgan fingerprint density at radius 3 is 2.53 bits per heavy atom. The number of hydrogen-bond acceptors (Lipinski definition) is 3. The Bertz CT molecular complexity index is 1070. The molecule has 178 valence electrons. The van der Waals surface area contributed by atoms with Gasteiger partial charge in [-0.1, -0.05) is 75.9 Å². The minimum absolute atomic E-state index is 0.00427. The zero-order valence-corrected chi connectivity index (χ0v) is 20.3. The van der Waals surface area contributed by atoms with E-state index in [0.717, 1.165) is 41.6 Å². The Hall–Kier alpha value is -3.27. The Kier molecular flexibility index (Phi) is 8.24. The molecule has 0 bridgehead atoms. The fraction of sp³-hybridized carbons (Fsp3) is 0.367. The number of nitrogens with one attached hydrogen (secondary N) is 2. The van der Waals surface area contributed by atoms with Crippen LogP contribution in [-0.2, 0) is 6.61 Å². The molecule has 0 aliphatic heterocycles. The first-order valence-corrected chi connectivity index (χ1v) is 12.5. The van der Waals surface area contributed by atoms with Gasteiger partial charge in [0.1, 0.15) is 12.4 Å². The van der Waals surface area contributed by atoms with Crippen molar-refractivity contribution in [3.8, 4) is 5.75 Å². The second-order valence-electron chi connectivity index (χ2n) is 9.58. The summed E-state index contributed by atoms with van der Waals surface area (Å²) in [5.41, 5.74) is 4.94. The van der Waals surface area contributed by atoms with Gasteiger partial charge in [0.05, 0.1) is 0 Å². The fourth-order valence-corrected chi connectivity index (χ4v) is 4.65. The average molecular weight is 457 g/mol. The summed E-state index contributed by atoms with van der Waals surface area (Å²) in [6.45, 7) is 5.65. The molecule has 1 saturated carbocycles. The van der Waals surface area contributed by atoms with E-state index in [0.29, 0.717) is 18.1 Å². The third-order valence-corrected chi connectivity index (χ3v) is 6.61. The summed E-state index contributed by atoms with van der Waals surface area (Å²) in [6.07, 6.45) is 6.38. The predicted octanol–water partition coefficient (Wildman–Crippen LogP) is 7.44. The molecule has 0 aromatic heterocycles. The summed E-state index contributed by atoms with van der Waals surface area (Å²) in [5.74, 6) is 1.95. The van der Waals surface area contributed by atoms with E-state index in [2.05, 4.69) is 48.7 Å². The quantitative estimate of drug-likeness (QED) is 0.333. The predicted molar refractivity (Wildman–Crippen MR) is 140 cm³/mol. The van der Waals surface area contributed by atoms with Gasteiger partial charge in [-0.25, -0.2) is 0 Å². The second-order valence-corrected chi connectivity index (χ2v) is 9.58. The van der Waals surface area contributed by atoms with Gasteiger partial charge >= 0.3 is 0 Å². The molecule has 1 aliphatic carbocycles. The molecule has 1 fully saturated rings. The number of carbonyl (C=O) groups is 1. The molecule has 3 aromatic rings. The molecule has 4 rings (SSSR count).